The molecule has 2 N–H and O–H groups in total. The number of ether oxygens (including phenoxy) is 2. The number of H-pyrrole nitrogens is 1. The molecule has 1 aromatic rings. The van der Waals surface area contributed by atoms with E-state index in [1.165, 1.54) is 0 Å². The summed E-state index contributed by atoms with van der Waals surface area (Å²) in [6.07, 6.45) is 4.58. The minimum Gasteiger partial charge on any atom is -0.382 e. The van der Waals surface area contributed by atoms with Crippen LogP contribution in [0.5, 0.6) is 0 Å². The van der Waals surface area contributed by atoms with Crippen molar-refractivity contribution >= 4 is 0 Å². The predicted octanol–water partition coefficient (Wildman–Crippen LogP) is 0.552. The molecule has 0 aliphatic heterocycles. The van der Waals surface area contributed by atoms with Gasteiger partial charge in [0.25, 0.3) is 0 Å². The van der Waals surface area contributed by atoms with Crippen LogP contribution in [0.25, 0.3) is 0 Å². The van der Waals surface area contributed by atoms with E-state index in [0.29, 0.717) is 13.2 Å². The highest BCUT2D eigenvalue weighted by molar-refractivity contribution is 4.85. The summed E-state index contributed by atoms with van der Waals surface area (Å²) in [5.41, 5.74) is 0. The lowest BCUT2D eigenvalue weighted by Gasteiger charge is -2.04. The molecule has 15 heavy (non-hydrogen) atoms. The first kappa shape index (κ1) is 12.2. The number of methoxy groups -OCH3 is 1. The summed E-state index contributed by atoms with van der Waals surface area (Å²) in [5.74, 6) is 0.968. The number of nitrogens with one attached hydrogen (secondary N) is 2. The predicted molar refractivity (Wildman–Crippen MR) is 57.6 cm³/mol. The molecule has 0 saturated carbocycles. The molecule has 0 saturated heterocycles. The Morgan fingerprint density at radius 2 is 2.33 bits per heavy atom. The summed E-state index contributed by atoms with van der Waals surface area (Å²) >= 11 is 0. The molecule has 5 heteroatoms. The molecule has 0 bridgehead atoms. The standard InChI is InChI=1S/C10H19N3O2/c1-14-7-8-15-6-2-3-11-9-10-12-4-5-13-10/h4-5,11H,2-3,6-9H2,1H3,(H,12,13). The number of aromatic amines is 1. The van der Waals surface area contributed by atoms with Gasteiger partial charge in [0, 0.05) is 26.1 Å². The van der Waals surface area contributed by atoms with Gasteiger partial charge >= 0.3 is 0 Å². The van der Waals surface area contributed by atoms with Gasteiger partial charge in [-0.15, -0.1) is 0 Å². The van der Waals surface area contributed by atoms with E-state index in [1.807, 2.05) is 6.20 Å². The maximum Gasteiger partial charge on any atom is 0.120 e. The highest BCUT2D eigenvalue weighted by Crippen LogP contribution is 1.87. The lowest BCUT2D eigenvalue weighted by Crippen LogP contribution is -2.17. The fourth-order valence-corrected chi connectivity index (χ4v) is 1.14. The van der Waals surface area contributed by atoms with Crippen LogP contribution in [0.2, 0.25) is 0 Å². The molecule has 0 atom stereocenters. The van der Waals surface area contributed by atoms with E-state index in [2.05, 4.69) is 15.3 Å². The Morgan fingerprint density at radius 1 is 1.40 bits per heavy atom. The van der Waals surface area contributed by atoms with E-state index in [0.717, 1.165) is 31.9 Å². The average molecular weight is 213 g/mol. The van der Waals surface area contributed by atoms with Gasteiger partial charge in [0.2, 0.25) is 0 Å². The number of hydrogen-bond acceptors (Lipinski definition) is 4. The number of hydrogen-bond donors (Lipinski definition) is 2. The first-order valence-electron chi connectivity index (χ1n) is 5.19. The first-order chi connectivity index (χ1) is 7.43. The van der Waals surface area contributed by atoms with Crippen molar-refractivity contribution in [3.63, 3.8) is 0 Å². The Morgan fingerprint density at radius 3 is 3.07 bits per heavy atom. The number of aromatic nitrogens is 2. The molecule has 1 heterocycles. The van der Waals surface area contributed by atoms with E-state index in [1.54, 1.807) is 13.3 Å². The number of nitrogens with zero attached hydrogens (tertiary/aromatic N) is 1. The zero-order valence-electron chi connectivity index (χ0n) is 9.16. The lowest BCUT2D eigenvalue weighted by molar-refractivity contribution is 0.0694. The van der Waals surface area contributed by atoms with E-state index in [-0.39, 0.29) is 0 Å². The summed E-state index contributed by atoms with van der Waals surface area (Å²) in [7, 11) is 1.67. The zero-order valence-corrected chi connectivity index (χ0v) is 9.16. The number of rotatable bonds is 9. The maximum atomic E-state index is 5.32. The SMILES string of the molecule is COCCOCCCNCc1ncc[nH]1. The van der Waals surface area contributed by atoms with Crippen LogP contribution in [0, 0.1) is 0 Å². The molecule has 0 radical (unpaired) electrons. The van der Waals surface area contributed by atoms with Gasteiger partial charge in [0.05, 0.1) is 19.8 Å². The van der Waals surface area contributed by atoms with Crippen molar-refractivity contribution in [2.75, 3.05) is 33.5 Å². The van der Waals surface area contributed by atoms with Gasteiger partial charge in [0.1, 0.15) is 5.82 Å². The summed E-state index contributed by atoms with van der Waals surface area (Å²) in [5, 5.41) is 3.27. The normalized spacial score (nSPS) is 10.7. The monoisotopic (exact) mass is 213 g/mol. The molecule has 0 aromatic carbocycles. The van der Waals surface area contributed by atoms with Crippen LogP contribution < -0.4 is 5.32 Å². The van der Waals surface area contributed by atoms with E-state index >= 15 is 0 Å². The molecule has 0 amide bonds. The Kier molecular flexibility index (Phi) is 6.81. The largest absolute Gasteiger partial charge is 0.382 e. The van der Waals surface area contributed by atoms with Crippen molar-refractivity contribution in [2.24, 2.45) is 0 Å². The van der Waals surface area contributed by atoms with E-state index < -0.39 is 0 Å². The second kappa shape index (κ2) is 8.40. The number of imidazole rings is 1. The Labute approximate surface area is 90.2 Å². The van der Waals surface area contributed by atoms with Crippen LogP contribution in [0.3, 0.4) is 0 Å². The molecule has 1 aromatic heterocycles. The second-order valence-corrected chi connectivity index (χ2v) is 3.17. The summed E-state index contributed by atoms with van der Waals surface area (Å²) in [6.45, 7) is 3.84. The van der Waals surface area contributed by atoms with Gasteiger partial charge in [-0.05, 0) is 13.0 Å². The molecular weight excluding hydrogens is 194 g/mol. The lowest BCUT2D eigenvalue weighted by atomic mass is 10.4. The molecule has 0 unspecified atom stereocenters. The van der Waals surface area contributed by atoms with Crippen LogP contribution in [-0.4, -0.2) is 43.4 Å². The molecule has 0 spiro atoms. The van der Waals surface area contributed by atoms with Gasteiger partial charge in [-0.25, -0.2) is 4.98 Å². The third-order valence-corrected chi connectivity index (χ3v) is 1.92. The molecule has 0 aliphatic rings. The van der Waals surface area contributed by atoms with Crippen LogP contribution in [0.1, 0.15) is 12.2 Å². The Hall–Kier alpha value is -0.910. The van der Waals surface area contributed by atoms with Gasteiger partial charge in [-0.2, -0.15) is 0 Å². The summed E-state index contributed by atoms with van der Waals surface area (Å²) in [4.78, 5) is 7.14. The van der Waals surface area contributed by atoms with Crippen molar-refractivity contribution in [1.29, 1.82) is 0 Å². The highest BCUT2D eigenvalue weighted by Gasteiger charge is 1.93. The zero-order chi connectivity index (χ0) is 10.8. The third kappa shape index (κ3) is 6.22. The van der Waals surface area contributed by atoms with Gasteiger partial charge in [-0.3, -0.25) is 0 Å². The molecule has 5 nitrogen and oxygen atoms in total. The van der Waals surface area contributed by atoms with E-state index in [4.69, 9.17) is 9.47 Å². The van der Waals surface area contributed by atoms with Crippen LogP contribution in [-0.2, 0) is 16.0 Å². The maximum absolute atomic E-state index is 5.32. The molecule has 86 valence electrons. The van der Waals surface area contributed by atoms with Crippen molar-refractivity contribution in [1.82, 2.24) is 15.3 Å². The van der Waals surface area contributed by atoms with Gasteiger partial charge in [-0.1, -0.05) is 0 Å². The quantitative estimate of drug-likeness (QED) is 0.588. The van der Waals surface area contributed by atoms with Crippen molar-refractivity contribution in [2.45, 2.75) is 13.0 Å². The second-order valence-electron chi connectivity index (χ2n) is 3.17. The minimum absolute atomic E-state index is 0.666. The third-order valence-electron chi connectivity index (χ3n) is 1.92. The van der Waals surface area contributed by atoms with Crippen molar-refractivity contribution < 1.29 is 9.47 Å². The molecular formula is C10H19N3O2. The van der Waals surface area contributed by atoms with Crippen molar-refractivity contribution in [3.05, 3.63) is 18.2 Å². The van der Waals surface area contributed by atoms with Gasteiger partial charge < -0.3 is 19.8 Å². The summed E-state index contributed by atoms with van der Waals surface area (Å²) < 4.78 is 10.2. The molecule has 1 rings (SSSR count). The smallest absolute Gasteiger partial charge is 0.120 e. The topological polar surface area (TPSA) is 59.2 Å². The Balaban J connectivity index is 1.81. The highest BCUT2D eigenvalue weighted by atomic mass is 16.5. The average Bonchev–Trinajstić information content (AvgIpc) is 2.75. The fourth-order valence-electron chi connectivity index (χ4n) is 1.14. The molecule has 0 aliphatic carbocycles. The first-order valence-corrected chi connectivity index (χ1v) is 5.19. The minimum atomic E-state index is 0.666. The summed E-state index contributed by atoms with van der Waals surface area (Å²) in [6, 6.07) is 0. The van der Waals surface area contributed by atoms with E-state index in [9.17, 15) is 0 Å². The van der Waals surface area contributed by atoms with Crippen LogP contribution >= 0.6 is 0 Å². The van der Waals surface area contributed by atoms with Crippen LogP contribution in [0.4, 0.5) is 0 Å². The van der Waals surface area contributed by atoms with Gasteiger partial charge in [0.15, 0.2) is 0 Å². The fraction of sp³-hybridized carbons (Fsp3) is 0.700. The molecule has 0 fully saturated rings. The van der Waals surface area contributed by atoms with Crippen molar-refractivity contribution in [3.8, 4) is 0 Å². The Bertz CT molecular complexity index is 227. The van der Waals surface area contributed by atoms with Crippen LogP contribution in [0.15, 0.2) is 12.4 Å².